The van der Waals surface area contributed by atoms with Crippen molar-refractivity contribution in [2.45, 2.75) is 31.1 Å². The van der Waals surface area contributed by atoms with Crippen LogP contribution in [0.15, 0.2) is 53.4 Å². The van der Waals surface area contributed by atoms with E-state index in [4.69, 9.17) is 0 Å². The van der Waals surface area contributed by atoms with Gasteiger partial charge in [-0.2, -0.15) is 0 Å². The smallest absolute Gasteiger partial charge is 0.744 e. The monoisotopic (exact) mass is 344 g/mol. The first-order chi connectivity index (χ1) is 9.66. The van der Waals surface area contributed by atoms with Crippen LogP contribution in [0.4, 0.5) is 0 Å². The van der Waals surface area contributed by atoms with Crippen LogP contribution in [0.5, 0.6) is 0 Å². The minimum Gasteiger partial charge on any atom is -0.744 e. The van der Waals surface area contributed by atoms with Crippen LogP contribution in [0.2, 0.25) is 0 Å². The first-order valence-corrected chi connectivity index (χ1v) is 9.01. The minimum atomic E-state index is -4.39. The molecule has 2 rings (SSSR count). The first-order valence-electron chi connectivity index (χ1n) is 6.60. The van der Waals surface area contributed by atoms with E-state index in [1.165, 1.54) is 17.7 Å². The van der Waals surface area contributed by atoms with E-state index in [-0.39, 0.29) is 39.9 Å². The molecule has 2 aromatic carbocycles. The number of benzene rings is 2. The fourth-order valence-electron chi connectivity index (χ4n) is 1.95. The predicted molar refractivity (Wildman–Crippen MR) is 87.1 cm³/mol. The van der Waals surface area contributed by atoms with Gasteiger partial charge in [-0.3, -0.25) is 0 Å². The number of rotatable bonds is 3. The van der Waals surface area contributed by atoms with Crippen LogP contribution in [0, 0.1) is 0 Å². The van der Waals surface area contributed by atoms with Gasteiger partial charge in [0.1, 0.15) is 10.1 Å². The third-order valence-electron chi connectivity index (χ3n) is 3.16. The standard InChI is InChI=1S/C16H19O3PS.Na/c1-16(2,3)12-7-9-13(10-8-12)20-14-5-4-6-15(11-14)21(17,18)19;/h4-11,20H,1-3H3,(H,17,18,19);/q;+1/p-1. The van der Waals surface area contributed by atoms with Crippen molar-refractivity contribution < 1.29 is 42.5 Å². The van der Waals surface area contributed by atoms with Gasteiger partial charge in [-0.1, -0.05) is 65.8 Å². The maximum absolute atomic E-state index is 11.0. The summed E-state index contributed by atoms with van der Waals surface area (Å²) in [6, 6.07) is 14.5. The van der Waals surface area contributed by atoms with E-state index in [1.807, 2.05) is 6.07 Å². The summed E-state index contributed by atoms with van der Waals surface area (Å²) in [5, 5.41) is 1.96. The molecule has 1 unspecified atom stereocenters. The van der Waals surface area contributed by atoms with Crippen LogP contribution in [-0.2, 0) is 15.5 Å². The van der Waals surface area contributed by atoms with Gasteiger partial charge in [-0.05, 0) is 33.7 Å². The zero-order valence-corrected chi connectivity index (χ0v) is 17.1. The Bertz CT molecular complexity index is 735. The van der Waals surface area contributed by atoms with Gasteiger partial charge in [-0.25, -0.2) is 8.42 Å². The Labute approximate surface area is 156 Å². The van der Waals surface area contributed by atoms with Gasteiger partial charge in [0.2, 0.25) is 0 Å². The average Bonchev–Trinajstić information content (AvgIpc) is 2.37. The third-order valence-corrected chi connectivity index (χ3v) is 5.22. The van der Waals surface area contributed by atoms with Crippen molar-refractivity contribution in [3.05, 3.63) is 54.1 Å². The van der Waals surface area contributed by atoms with E-state index >= 15 is 0 Å². The molecule has 0 saturated heterocycles. The number of hydrogen-bond donors (Lipinski definition) is 0. The summed E-state index contributed by atoms with van der Waals surface area (Å²) >= 11 is 0. The van der Waals surface area contributed by atoms with Crippen molar-refractivity contribution in [3.63, 3.8) is 0 Å². The molecule has 0 heterocycles. The molecule has 3 nitrogen and oxygen atoms in total. The average molecular weight is 344 g/mol. The van der Waals surface area contributed by atoms with Gasteiger partial charge in [0.25, 0.3) is 0 Å². The van der Waals surface area contributed by atoms with Crippen LogP contribution in [0.3, 0.4) is 0 Å². The molecule has 0 aliphatic heterocycles. The van der Waals surface area contributed by atoms with Crippen LogP contribution < -0.4 is 40.2 Å². The van der Waals surface area contributed by atoms with Crippen molar-refractivity contribution in [2.75, 3.05) is 0 Å². The van der Waals surface area contributed by atoms with Crippen LogP contribution in [-0.4, -0.2) is 13.0 Å². The molecule has 0 saturated carbocycles. The molecule has 0 N–H and O–H groups in total. The van der Waals surface area contributed by atoms with Gasteiger partial charge >= 0.3 is 29.6 Å². The Morgan fingerprint density at radius 3 is 2.05 bits per heavy atom. The molecule has 0 fully saturated rings. The molecule has 0 aromatic heterocycles. The molecule has 0 aliphatic carbocycles. The molecule has 1 atom stereocenters. The molecular weight excluding hydrogens is 326 g/mol. The summed E-state index contributed by atoms with van der Waals surface area (Å²) < 4.78 is 33.1. The van der Waals surface area contributed by atoms with E-state index < -0.39 is 10.1 Å². The van der Waals surface area contributed by atoms with Gasteiger partial charge in [-0.15, -0.1) is 0 Å². The van der Waals surface area contributed by atoms with E-state index in [9.17, 15) is 13.0 Å². The van der Waals surface area contributed by atoms with Crippen molar-refractivity contribution in [2.24, 2.45) is 0 Å². The Kier molecular flexibility index (Phi) is 6.82. The first kappa shape index (κ1) is 19.8. The van der Waals surface area contributed by atoms with Gasteiger partial charge < -0.3 is 4.55 Å². The molecule has 0 bridgehead atoms. The third kappa shape index (κ3) is 5.45. The normalized spacial score (nSPS) is 12.4. The van der Waals surface area contributed by atoms with E-state index in [0.29, 0.717) is 8.58 Å². The van der Waals surface area contributed by atoms with Crippen molar-refractivity contribution in [1.82, 2.24) is 0 Å². The quantitative estimate of drug-likeness (QED) is 0.429. The van der Waals surface area contributed by atoms with E-state index in [0.717, 1.165) is 10.6 Å². The van der Waals surface area contributed by atoms with E-state index in [2.05, 4.69) is 45.0 Å². The summed E-state index contributed by atoms with van der Waals surface area (Å²) in [5.74, 6) is 0. The second-order valence-corrected chi connectivity index (χ2v) is 8.72. The minimum absolute atomic E-state index is 0. The topological polar surface area (TPSA) is 57.2 Å². The second-order valence-electron chi connectivity index (χ2n) is 5.93. The fourth-order valence-corrected chi connectivity index (χ4v) is 3.64. The van der Waals surface area contributed by atoms with Crippen molar-refractivity contribution >= 4 is 29.3 Å². The molecule has 22 heavy (non-hydrogen) atoms. The zero-order valence-electron chi connectivity index (χ0n) is 13.3. The van der Waals surface area contributed by atoms with Gasteiger partial charge in [0.15, 0.2) is 0 Å². The molecule has 0 aliphatic rings. The molecular formula is C16H18NaO3PS. The van der Waals surface area contributed by atoms with Crippen LogP contribution in [0.1, 0.15) is 26.3 Å². The van der Waals surface area contributed by atoms with Crippen LogP contribution >= 0.6 is 8.58 Å². The summed E-state index contributed by atoms with van der Waals surface area (Å²) in [5.41, 5.74) is 1.37. The molecule has 112 valence electrons. The SMILES string of the molecule is CC(C)(C)c1ccc(Pc2cccc(S(=O)(=O)[O-])c2)cc1.[Na+]. The Hall–Kier alpha value is -0.220. The largest absolute Gasteiger partial charge is 1.00 e. The Balaban J connectivity index is 0.00000242. The maximum atomic E-state index is 11.0. The maximum Gasteiger partial charge on any atom is 1.00 e. The fraction of sp³-hybridized carbons (Fsp3) is 0.250. The Morgan fingerprint density at radius 1 is 0.955 bits per heavy atom. The predicted octanol–water partition coefficient (Wildman–Crippen LogP) is -0.478. The molecule has 2 aromatic rings. The summed E-state index contributed by atoms with van der Waals surface area (Å²) in [6.45, 7) is 6.48. The summed E-state index contributed by atoms with van der Waals surface area (Å²) in [6.07, 6.45) is 0. The van der Waals surface area contributed by atoms with Crippen molar-refractivity contribution in [1.29, 1.82) is 0 Å². The zero-order chi connectivity index (χ0) is 15.7. The van der Waals surface area contributed by atoms with E-state index in [1.54, 1.807) is 6.07 Å². The van der Waals surface area contributed by atoms with Crippen LogP contribution in [0.25, 0.3) is 0 Å². The van der Waals surface area contributed by atoms with Gasteiger partial charge in [0, 0.05) is 0 Å². The van der Waals surface area contributed by atoms with Gasteiger partial charge in [0.05, 0.1) is 4.90 Å². The van der Waals surface area contributed by atoms with Crippen molar-refractivity contribution in [3.8, 4) is 0 Å². The second kappa shape index (κ2) is 7.57. The summed E-state index contributed by atoms with van der Waals surface area (Å²) in [7, 11) is -4.06. The molecule has 0 amide bonds. The summed E-state index contributed by atoms with van der Waals surface area (Å²) in [4.78, 5) is -0.168. The Morgan fingerprint density at radius 2 is 1.55 bits per heavy atom. The number of hydrogen-bond acceptors (Lipinski definition) is 3. The molecule has 6 heteroatoms. The molecule has 0 radical (unpaired) electrons. The molecule has 0 spiro atoms.